The molecule has 3 nitrogen and oxygen atoms in total. The smallest absolute Gasteiger partial charge is 0.336 e. The second-order valence-electron chi connectivity index (χ2n) is 4.79. The number of halogens is 2. The fraction of sp³-hybridized carbons (Fsp3) is 0.188. The number of nitrogens with one attached hydrogen (secondary N) is 1. The molecule has 21 heavy (non-hydrogen) atoms. The van der Waals surface area contributed by atoms with Crippen molar-refractivity contribution in [2.75, 3.05) is 5.32 Å². The van der Waals surface area contributed by atoms with Gasteiger partial charge in [-0.2, -0.15) is 0 Å². The van der Waals surface area contributed by atoms with Crippen molar-refractivity contribution in [1.29, 1.82) is 0 Å². The lowest BCUT2D eigenvalue weighted by Gasteiger charge is -2.19. The van der Waals surface area contributed by atoms with Crippen LogP contribution in [0.25, 0.3) is 0 Å². The van der Waals surface area contributed by atoms with Gasteiger partial charge in [0.25, 0.3) is 0 Å². The predicted octanol–water partition coefficient (Wildman–Crippen LogP) is 5.17. The van der Waals surface area contributed by atoms with Crippen LogP contribution in [-0.4, -0.2) is 11.1 Å². The number of hydrogen-bond acceptors (Lipinski definition) is 2. The lowest BCUT2D eigenvalue weighted by atomic mass is 10.0. The summed E-state index contributed by atoms with van der Waals surface area (Å²) < 4.78 is 0. The number of carboxylic acids is 1. The van der Waals surface area contributed by atoms with Crippen molar-refractivity contribution in [2.45, 2.75) is 19.9 Å². The van der Waals surface area contributed by atoms with E-state index in [1.807, 2.05) is 25.1 Å². The molecule has 0 aliphatic heterocycles. The molecule has 2 N–H and O–H groups in total. The van der Waals surface area contributed by atoms with Crippen molar-refractivity contribution >= 4 is 34.9 Å². The number of benzene rings is 2. The number of aromatic carboxylic acids is 1. The van der Waals surface area contributed by atoms with E-state index < -0.39 is 5.97 Å². The van der Waals surface area contributed by atoms with Crippen LogP contribution in [0, 0.1) is 6.92 Å². The predicted molar refractivity (Wildman–Crippen MR) is 86.6 cm³/mol. The minimum Gasteiger partial charge on any atom is -0.478 e. The molecule has 0 spiro atoms. The van der Waals surface area contributed by atoms with Gasteiger partial charge in [-0.1, -0.05) is 41.4 Å². The van der Waals surface area contributed by atoms with Crippen molar-refractivity contribution in [3.63, 3.8) is 0 Å². The molecule has 2 rings (SSSR count). The van der Waals surface area contributed by atoms with Gasteiger partial charge in [-0.25, -0.2) is 4.79 Å². The third kappa shape index (κ3) is 3.31. The molecule has 2 aromatic carbocycles. The van der Waals surface area contributed by atoms with E-state index in [1.54, 1.807) is 25.1 Å². The second kappa shape index (κ2) is 6.37. The molecule has 0 fully saturated rings. The first kappa shape index (κ1) is 15.7. The Balaban J connectivity index is 2.32. The zero-order valence-corrected chi connectivity index (χ0v) is 13.2. The van der Waals surface area contributed by atoms with Crippen LogP contribution < -0.4 is 5.32 Å². The zero-order chi connectivity index (χ0) is 15.6. The van der Waals surface area contributed by atoms with Gasteiger partial charge in [-0.3, -0.25) is 0 Å². The number of carboxylic acid groups (broad SMARTS) is 1. The van der Waals surface area contributed by atoms with Gasteiger partial charge in [0.15, 0.2) is 0 Å². The topological polar surface area (TPSA) is 49.3 Å². The first-order valence-electron chi connectivity index (χ1n) is 6.45. The fourth-order valence-electron chi connectivity index (χ4n) is 2.19. The molecule has 0 saturated heterocycles. The lowest BCUT2D eigenvalue weighted by Crippen LogP contribution is -2.10. The van der Waals surface area contributed by atoms with Crippen molar-refractivity contribution < 1.29 is 9.90 Å². The Hall–Kier alpha value is -1.71. The van der Waals surface area contributed by atoms with Gasteiger partial charge in [-0.05, 0) is 43.2 Å². The number of anilines is 1. The van der Waals surface area contributed by atoms with Crippen molar-refractivity contribution in [3.05, 3.63) is 63.1 Å². The van der Waals surface area contributed by atoms with E-state index in [9.17, 15) is 4.79 Å². The Labute approximate surface area is 133 Å². The number of rotatable bonds is 4. The van der Waals surface area contributed by atoms with Crippen LogP contribution in [0.5, 0.6) is 0 Å². The highest BCUT2D eigenvalue weighted by Crippen LogP contribution is 2.32. The van der Waals surface area contributed by atoms with Gasteiger partial charge < -0.3 is 10.4 Å². The number of carbonyl (C=O) groups is 1. The fourth-order valence-corrected chi connectivity index (χ4v) is 2.66. The molecule has 0 aromatic heterocycles. The van der Waals surface area contributed by atoms with Crippen LogP contribution >= 0.6 is 23.2 Å². The Morgan fingerprint density at radius 2 is 1.86 bits per heavy atom. The molecule has 0 bridgehead atoms. The van der Waals surface area contributed by atoms with Gasteiger partial charge in [0.1, 0.15) is 0 Å². The highest BCUT2D eigenvalue weighted by Gasteiger charge is 2.15. The van der Waals surface area contributed by atoms with E-state index in [0.29, 0.717) is 15.6 Å². The molecular weight excluding hydrogens is 309 g/mol. The Morgan fingerprint density at radius 3 is 2.52 bits per heavy atom. The summed E-state index contributed by atoms with van der Waals surface area (Å²) in [6.07, 6.45) is 0. The summed E-state index contributed by atoms with van der Waals surface area (Å²) in [7, 11) is 0. The first-order valence-corrected chi connectivity index (χ1v) is 7.20. The lowest BCUT2D eigenvalue weighted by molar-refractivity contribution is 0.0696. The minimum absolute atomic E-state index is 0.0982. The zero-order valence-electron chi connectivity index (χ0n) is 11.7. The normalized spacial score (nSPS) is 12.0. The average molecular weight is 324 g/mol. The third-order valence-corrected chi connectivity index (χ3v) is 4.22. The van der Waals surface area contributed by atoms with E-state index >= 15 is 0 Å². The molecule has 110 valence electrons. The van der Waals surface area contributed by atoms with Crippen molar-refractivity contribution in [2.24, 2.45) is 0 Å². The molecule has 0 heterocycles. The summed E-state index contributed by atoms with van der Waals surface area (Å²) in [5, 5.41) is 13.4. The van der Waals surface area contributed by atoms with Crippen molar-refractivity contribution in [3.8, 4) is 0 Å². The highest BCUT2D eigenvalue weighted by molar-refractivity contribution is 6.42. The Bertz CT molecular complexity index is 686. The van der Waals surface area contributed by atoms with Gasteiger partial charge in [-0.15, -0.1) is 0 Å². The standard InChI is InChI=1S/C16H15Cl2NO2/c1-9-11(16(20)21)5-4-8-14(9)19-10(2)12-6-3-7-13(17)15(12)18/h3-8,10,19H,1-2H3,(H,20,21). The van der Waals surface area contributed by atoms with Gasteiger partial charge in [0.2, 0.25) is 0 Å². The molecule has 1 atom stereocenters. The third-order valence-electron chi connectivity index (χ3n) is 3.38. The summed E-state index contributed by atoms with van der Waals surface area (Å²) in [6.45, 7) is 3.72. The quantitative estimate of drug-likeness (QED) is 0.815. The highest BCUT2D eigenvalue weighted by atomic mass is 35.5. The molecule has 0 amide bonds. The first-order chi connectivity index (χ1) is 9.91. The Kier molecular flexibility index (Phi) is 4.76. The summed E-state index contributed by atoms with van der Waals surface area (Å²) in [6, 6.07) is 10.5. The second-order valence-corrected chi connectivity index (χ2v) is 5.58. The molecule has 0 aliphatic rings. The van der Waals surface area contributed by atoms with E-state index in [2.05, 4.69) is 5.32 Å². The van der Waals surface area contributed by atoms with E-state index in [4.69, 9.17) is 28.3 Å². The van der Waals surface area contributed by atoms with Crippen LogP contribution in [-0.2, 0) is 0 Å². The molecule has 0 saturated carbocycles. The van der Waals surface area contributed by atoms with Gasteiger partial charge >= 0.3 is 5.97 Å². The van der Waals surface area contributed by atoms with E-state index in [1.165, 1.54) is 0 Å². The van der Waals surface area contributed by atoms with Gasteiger partial charge in [0.05, 0.1) is 21.7 Å². The average Bonchev–Trinajstić information content (AvgIpc) is 2.43. The maximum atomic E-state index is 11.2. The number of hydrogen-bond donors (Lipinski definition) is 2. The van der Waals surface area contributed by atoms with Crippen LogP contribution in [0.2, 0.25) is 10.0 Å². The molecular formula is C16H15Cl2NO2. The van der Waals surface area contributed by atoms with Gasteiger partial charge in [0, 0.05) is 5.69 Å². The summed E-state index contributed by atoms with van der Waals surface area (Å²) in [5.41, 5.74) is 2.60. The van der Waals surface area contributed by atoms with Crippen molar-refractivity contribution in [1.82, 2.24) is 0 Å². The Morgan fingerprint density at radius 1 is 1.19 bits per heavy atom. The molecule has 5 heteroatoms. The molecule has 1 unspecified atom stereocenters. The maximum absolute atomic E-state index is 11.2. The van der Waals surface area contributed by atoms with Crippen LogP contribution in [0.4, 0.5) is 5.69 Å². The largest absolute Gasteiger partial charge is 0.478 e. The van der Waals surface area contributed by atoms with Crippen LogP contribution in [0.1, 0.15) is 34.5 Å². The molecule has 0 radical (unpaired) electrons. The molecule has 2 aromatic rings. The monoisotopic (exact) mass is 323 g/mol. The molecule has 0 aliphatic carbocycles. The van der Waals surface area contributed by atoms with Crippen LogP contribution in [0.3, 0.4) is 0 Å². The summed E-state index contributed by atoms with van der Waals surface area (Å²) >= 11 is 12.2. The summed E-state index contributed by atoms with van der Waals surface area (Å²) in [4.78, 5) is 11.2. The summed E-state index contributed by atoms with van der Waals surface area (Å²) in [5.74, 6) is -0.940. The minimum atomic E-state index is -0.940. The van der Waals surface area contributed by atoms with E-state index in [0.717, 1.165) is 11.3 Å². The maximum Gasteiger partial charge on any atom is 0.336 e. The SMILES string of the molecule is Cc1c(NC(C)c2cccc(Cl)c2Cl)cccc1C(=O)O. The van der Waals surface area contributed by atoms with Crippen LogP contribution in [0.15, 0.2) is 36.4 Å². The van der Waals surface area contributed by atoms with E-state index in [-0.39, 0.29) is 11.6 Å².